The Morgan fingerprint density at radius 1 is 0.322 bits per heavy atom. The molecule has 0 aliphatic carbocycles. The van der Waals surface area contributed by atoms with Gasteiger partial charge >= 0.3 is 17.9 Å². The molecule has 0 amide bonds. The van der Waals surface area contributed by atoms with Crippen LogP contribution in [-0.2, 0) is 28.6 Å². The van der Waals surface area contributed by atoms with E-state index in [1.807, 2.05) is 0 Å². The molecule has 0 aromatic carbocycles. The molecule has 0 aliphatic rings. The molecule has 0 aromatic rings. The Morgan fingerprint density at radius 3 is 0.831 bits per heavy atom. The third-order valence-electron chi connectivity index (χ3n) is 12.0. The van der Waals surface area contributed by atoms with Crippen molar-refractivity contribution in [3.63, 3.8) is 0 Å². The molecule has 0 rings (SSSR count). The molecule has 0 aromatic heterocycles. The fourth-order valence-corrected chi connectivity index (χ4v) is 7.99. The van der Waals surface area contributed by atoms with E-state index in [2.05, 4.69) is 34.6 Å². The number of rotatable bonds is 47. The Morgan fingerprint density at radius 2 is 0.559 bits per heavy atom. The van der Waals surface area contributed by atoms with Crippen LogP contribution in [0.1, 0.15) is 291 Å². The van der Waals surface area contributed by atoms with Gasteiger partial charge in [0, 0.05) is 19.3 Å². The summed E-state index contributed by atoms with van der Waals surface area (Å²) >= 11 is 0. The maximum atomic E-state index is 12.7. The second-order valence-electron chi connectivity index (χ2n) is 19.1. The molecule has 0 fully saturated rings. The summed E-state index contributed by atoms with van der Waals surface area (Å²) in [5.41, 5.74) is 0. The molecule has 0 radical (unpaired) electrons. The summed E-state index contributed by atoms with van der Waals surface area (Å²) in [5.74, 6) is 0.754. The molecule has 0 saturated carbocycles. The molecule has 6 nitrogen and oxygen atoms in total. The minimum absolute atomic E-state index is 0.0644. The van der Waals surface area contributed by atoms with Gasteiger partial charge in [0.15, 0.2) is 6.10 Å². The van der Waals surface area contributed by atoms with Crippen molar-refractivity contribution in [1.29, 1.82) is 0 Å². The summed E-state index contributed by atoms with van der Waals surface area (Å²) in [6, 6.07) is 0. The summed E-state index contributed by atoms with van der Waals surface area (Å²) in [7, 11) is 0. The van der Waals surface area contributed by atoms with Gasteiger partial charge in [-0.05, 0) is 31.1 Å². The van der Waals surface area contributed by atoms with E-state index in [9.17, 15) is 14.4 Å². The van der Waals surface area contributed by atoms with Crippen LogP contribution < -0.4 is 0 Å². The van der Waals surface area contributed by atoms with Crippen LogP contribution in [0.25, 0.3) is 0 Å². The van der Waals surface area contributed by atoms with Crippen molar-refractivity contribution in [2.75, 3.05) is 13.2 Å². The van der Waals surface area contributed by atoms with Gasteiger partial charge in [0.1, 0.15) is 13.2 Å². The van der Waals surface area contributed by atoms with Crippen LogP contribution in [0.15, 0.2) is 0 Å². The van der Waals surface area contributed by atoms with E-state index in [0.717, 1.165) is 69.6 Å². The second kappa shape index (κ2) is 45.9. The van der Waals surface area contributed by atoms with E-state index in [0.29, 0.717) is 19.3 Å². The second-order valence-corrected chi connectivity index (χ2v) is 19.1. The van der Waals surface area contributed by atoms with Gasteiger partial charge in [-0.25, -0.2) is 0 Å². The highest BCUT2D eigenvalue weighted by atomic mass is 16.6. The predicted molar refractivity (Wildman–Crippen MR) is 252 cm³/mol. The molecule has 59 heavy (non-hydrogen) atoms. The van der Waals surface area contributed by atoms with Crippen LogP contribution in [0.4, 0.5) is 0 Å². The Hall–Kier alpha value is -1.59. The standard InChI is InChI=1S/C53H102O6/c1-6-7-8-9-10-11-12-13-14-15-16-17-20-23-28-33-38-43-51(54)57-46-50(59-53(56)45-40-35-30-25-27-32-37-42-49(4)5)47-58-52(55)44-39-34-29-24-21-18-19-22-26-31-36-41-48(2)3/h48-50H,6-47H2,1-5H3/t50-/m1/s1. The smallest absolute Gasteiger partial charge is 0.306 e. The summed E-state index contributed by atoms with van der Waals surface area (Å²) < 4.78 is 16.8. The first kappa shape index (κ1) is 57.4. The van der Waals surface area contributed by atoms with Crippen LogP contribution in [0.2, 0.25) is 0 Å². The molecule has 0 N–H and O–H groups in total. The number of hydrogen-bond donors (Lipinski definition) is 0. The zero-order valence-corrected chi connectivity index (χ0v) is 40.4. The quantitative estimate of drug-likeness (QED) is 0.0345. The van der Waals surface area contributed by atoms with Gasteiger partial charge in [-0.3, -0.25) is 14.4 Å². The molecule has 6 heteroatoms. The zero-order valence-electron chi connectivity index (χ0n) is 40.4. The van der Waals surface area contributed by atoms with E-state index >= 15 is 0 Å². The summed E-state index contributed by atoms with van der Waals surface area (Å²) in [4.78, 5) is 37.9. The van der Waals surface area contributed by atoms with Gasteiger partial charge in [-0.2, -0.15) is 0 Å². The van der Waals surface area contributed by atoms with Crippen LogP contribution in [-0.4, -0.2) is 37.2 Å². The van der Waals surface area contributed by atoms with Crippen molar-refractivity contribution in [2.24, 2.45) is 11.8 Å². The molecule has 0 aliphatic heterocycles. The van der Waals surface area contributed by atoms with Gasteiger partial charge in [0.25, 0.3) is 0 Å². The molecule has 0 bridgehead atoms. The Bertz CT molecular complexity index is 900. The van der Waals surface area contributed by atoms with E-state index in [-0.39, 0.29) is 31.1 Å². The molecule has 0 unspecified atom stereocenters. The SMILES string of the molecule is CCCCCCCCCCCCCCCCCCCC(=O)OC[C@H](COC(=O)CCCCCCCCCCCCCC(C)C)OC(=O)CCCCCCCCCC(C)C. The third kappa shape index (κ3) is 47.3. The first-order valence-corrected chi connectivity index (χ1v) is 26.2. The van der Waals surface area contributed by atoms with E-state index < -0.39 is 6.10 Å². The Labute approximate surface area is 368 Å². The highest BCUT2D eigenvalue weighted by Crippen LogP contribution is 2.17. The van der Waals surface area contributed by atoms with Gasteiger partial charge < -0.3 is 14.2 Å². The molecular formula is C53H102O6. The normalized spacial score (nSPS) is 12.1. The van der Waals surface area contributed by atoms with Crippen molar-refractivity contribution < 1.29 is 28.6 Å². The molecule has 0 spiro atoms. The maximum absolute atomic E-state index is 12.7. The Balaban J connectivity index is 4.25. The van der Waals surface area contributed by atoms with Crippen molar-refractivity contribution in [1.82, 2.24) is 0 Å². The first-order chi connectivity index (χ1) is 28.7. The number of unbranched alkanes of at least 4 members (excludes halogenated alkanes) is 32. The van der Waals surface area contributed by atoms with E-state index in [1.54, 1.807) is 0 Å². The highest BCUT2D eigenvalue weighted by Gasteiger charge is 2.19. The lowest BCUT2D eigenvalue weighted by Crippen LogP contribution is -2.30. The van der Waals surface area contributed by atoms with Gasteiger partial charge in [0.2, 0.25) is 0 Å². The number of ether oxygens (including phenoxy) is 3. The van der Waals surface area contributed by atoms with Gasteiger partial charge in [-0.1, -0.05) is 253 Å². The summed E-state index contributed by atoms with van der Waals surface area (Å²) in [6.07, 6.45) is 46.7. The molecule has 0 heterocycles. The molecule has 0 saturated heterocycles. The lowest BCUT2D eigenvalue weighted by molar-refractivity contribution is -0.167. The number of hydrogen-bond acceptors (Lipinski definition) is 6. The Kier molecular flexibility index (Phi) is 44.7. The number of carbonyl (C=O) groups excluding carboxylic acids is 3. The predicted octanol–water partition coefficient (Wildman–Crippen LogP) is 16.9. The lowest BCUT2D eigenvalue weighted by Gasteiger charge is -2.18. The highest BCUT2D eigenvalue weighted by molar-refractivity contribution is 5.71. The number of esters is 3. The van der Waals surface area contributed by atoms with Crippen LogP contribution in [0.3, 0.4) is 0 Å². The largest absolute Gasteiger partial charge is 0.462 e. The van der Waals surface area contributed by atoms with Gasteiger partial charge in [0.05, 0.1) is 0 Å². The first-order valence-electron chi connectivity index (χ1n) is 26.2. The topological polar surface area (TPSA) is 78.9 Å². The minimum atomic E-state index is -0.762. The monoisotopic (exact) mass is 835 g/mol. The average Bonchev–Trinajstić information content (AvgIpc) is 3.20. The lowest BCUT2D eigenvalue weighted by atomic mass is 10.0. The molecule has 350 valence electrons. The van der Waals surface area contributed by atoms with Crippen LogP contribution in [0.5, 0.6) is 0 Å². The summed E-state index contributed by atoms with van der Waals surface area (Å²) in [5, 5.41) is 0. The van der Waals surface area contributed by atoms with Crippen molar-refractivity contribution >= 4 is 17.9 Å². The van der Waals surface area contributed by atoms with Crippen LogP contribution in [0, 0.1) is 11.8 Å². The molecule has 1 atom stereocenters. The van der Waals surface area contributed by atoms with Crippen molar-refractivity contribution in [3.8, 4) is 0 Å². The van der Waals surface area contributed by atoms with E-state index in [1.165, 1.54) is 180 Å². The average molecular weight is 835 g/mol. The number of carbonyl (C=O) groups is 3. The molecular weight excluding hydrogens is 733 g/mol. The summed E-state index contributed by atoms with van der Waals surface area (Å²) in [6.45, 7) is 11.3. The minimum Gasteiger partial charge on any atom is -0.462 e. The van der Waals surface area contributed by atoms with Crippen LogP contribution >= 0.6 is 0 Å². The van der Waals surface area contributed by atoms with Crippen molar-refractivity contribution in [2.45, 2.75) is 298 Å². The fourth-order valence-electron chi connectivity index (χ4n) is 7.99. The zero-order chi connectivity index (χ0) is 43.3. The van der Waals surface area contributed by atoms with E-state index in [4.69, 9.17) is 14.2 Å². The third-order valence-corrected chi connectivity index (χ3v) is 12.0. The van der Waals surface area contributed by atoms with Gasteiger partial charge in [-0.15, -0.1) is 0 Å². The fraction of sp³-hybridized carbons (Fsp3) is 0.943. The van der Waals surface area contributed by atoms with Crippen molar-refractivity contribution in [3.05, 3.63) is 0 Å². The maximum Gasteiger partial charge on any atom is 0.306 e.